The SMILES string of the molecule is CC(C)(C)OC(=O)N1CCOC(C(=O)N2CCC(F)(F)CC2)C1. The van der Waals surface area contributed by atoms with Gasteiger partial charge in [-0.2, -0.15) is 0 Å². The van der Waals surface area contributed by atoms with Gasteiger partial charge in [0.1, 0.15) is 5.60 Å². The van der Waals surface area contributed by atoms with Crippen LogP contribution in [0, 0.1) is 0 Å². The van der Waals surface area contributed by atoms with Crippen molar-refractivity contribution in [2.45, 2.75) is 51.2 Å². The molecule has 0 radical (unpaired) electrons. The molecular weight excluding hydrogens is 310 g/mol. The summed E-state index contributed by atoms with van der Waals surface area (Å²) in [6.45, 7) is 5.97. The van der Waals surface area contributed by atoms with Crippen LogP contribution in [0.5, 0.6) is 0 Å². The molecule has 2 fully saturated rings. The molecule has 0 saturated carbocycles. The van der Waals surface area contributed by atoms with Gasteiger partial charge in [0.2, 0.25) is 0 Å². The van der Waals surface area contributed by atoms with Crippen LogP contribution in [0.4, 0.5) is 13.6 Å². The summed E-state index contributed by atoms with van der Waals surface area (Å²) in [5.74, 6) is -3.04. The molecule has 1 unspecified atom stereocenters. The maximum absolute atomic E-state index is 13.2. The lowest BCUT2D eigenvalue weighted by molar-refractivity contribution is -0.154. The van der Waals surface area contributed by atoms with E-state index in [1.165, 1.54) is 9.80 Å². The predicted octanol–water partition coefficient (Wildman–Crippen LogP) is 1.88. The maximum Gasteiger partial charge on any atom is 0.410 e. The Balaban J connectivity index is 1.90. The summed E-state index contributed by atoms with van der Waals surface area (Å²) in [4.78, 5) is 27.3. The van der Waals surface area contributed by atoms with Crippen LogP contribution >= 0.6 is 0 Å². The Morgan fingerprint density at radius 3 is 2.30 bits per heavy atom. The molecule has 6 nitrogen and oxygen atoms in total. The van der Waals surface area contributed by atoms with E-state index in [1.54, 1.807) is 20.8 Å². The zero-order valence-electron chi connectivity index (χ0n) is 13.8. The molecule has 132 valence electrons. The Bertz CT molecular complexity index is 455. The maximum atomic E-state index is 13.2. The molecule has 2 saturated heterocycles. The number of hydrogen-bond acceptors (Lipinski definition) is 4. The molecule has 8 heteroatoms. The smallest absolute Gasteiger partial charge is 0.410 e. The van der Waals surface area contributed by atoms with E-state index in [9.17, 15) is 18.4 Å². The second-order valence-electron chi connectivity index (χ2n) is 6.97. The molecule has 2 aliphatic rings. The lowest BCUT2D eigenvalue weighted by Gasteiger charge is -2.37. The number of carbonyl (C=O) groups excluding carboxylic acids is 2. The van der Waals surface area contributed by atoms with E-state index in [0.29, 0.717) is 6.54 Å². The second-order valence-corrected chi connectivity index (χ2v) is 6.97. The van der Waals surface area contributed by atoms with Crippen LogP contribution in [0.3, 0.4) is 0 Å². The number of piperidine rings is 1. The summed E-state index contributed by atoms with van der Waals surface area (Å²) >= 11 is 0. The molecule has 0 aromatic heterocycles. The number of nitrogens with zero attached hydrogens (tertiary/aromatic N) is 2. The summed E-state index contributed by atoms with van der Waals surface area (Å²) in [7, 11) is 0. The van der Waals surface area contributed by atoms with Crippen molar-refractivity contribution in [3.8, 4) is 0 Å². The van der Waals surface area contributed by atoms with Crippen molar-refractivity contribution in [2.75, 3.05) is 32.8 Å². The van der Waals surface area contributed by atoms with Crippen molar-refractivity contribution in [2.24, 2.45) is 0 Å². The average Bonchev–Trinajstić information content (AvgIpc) is 2.45. The number of halogens is 2. The second kappa shape index (κ2) is 6.59. The van der Waals surface area contributed by atoms with Crippen molar-refractivity contribution >= 4 is 12.0 Å². The number of alkyl halides is 2. The molecule has 2 heterocycles. The van der Waals surface area contributed by atoms with E-state index < -0.39 is 23.7 Å². The van der Waals surface area contributed by atoms with Crippen molar-refractivity contribution in [1.29, 1.82) is 0 Å². The summed E-state index contributed by atoms with van der Waals surface area (Å²) in [6, 6.07) is 0. The third-order valence-electron chi connectivity index (χ3n) is 3.80. The molecule has 2 amide bonds. The van der Waals surface area contributed by atoms with Gasteiger partial charge in [-0.1, -0.05) is 0 Å². The first kappa shape index (κ1) is 17.9. The first-order valence-electron chi connectivity index (χ1n) is 7.83. The highest BCUT2D eigenvalue weighted by Gasteiger charge is 2.39. The fraction of sp³-hybridized carbons (Fsp3) is 0.867. The predicted molar refractivity (Wildman–Crippen MR) is 78.3 cm³/mol. The number of rotatable bonds is 1. The monoisotopic (exact) mass is 334 g/mol. The quantitative estimate of drug-likeness (QED) is 0.735. The molecular formula is C15H24F2N2O4. The molecule has 2 rings (SSSR count). The summed E-state index contributed by atoms with van der Waals surface area (Å²) in [5, 5.41) is 0. The van der Waals surface area contributed by atoms with Crippen LogP contribution in [0.2, 0.25) is 0 Å². The molecule has 0 aromatic rings. The topological polar surface area (TPSA) is 59.1 Å². The van der Waals surface area contributed by atoms with Crippen molar-refractivity contribution in [3.05, 3.63) is 0 Å². The van der Waals surface area contributed by atoms with E-state index in [0.717, 1.165) is 0 Å². The van der Waals surface area contributed by atoms with E-state index >= 15 is 0 Å². The standard InChI is InChI=1S/C15H24F2N2O4/c1-14(2,3)23-13(21)19-8-9-22-11(10-19)12(20)18-6-4-15(16,17)5-7-18/h11H,4-10H2,1-3H3. The van der Waals surface area contributed by atoms with Gasteiger partial charge in [-0.3, -0.25) is 4.79 Å². The number of amides is 2. The highest BCUT2D eigenvalue weighted by molar-refractivity contribution is 5.82. The first-order valence-corrected chi connectivity index (χ1v) is 7.83. The van der Waals surface area contributed by atoms with E-state index in [-0.39, 0.29) is 45.0 Å². The van der Waals surface area contributed by atoms with Gasteiger partial charge in [0, 0.05) is 32.5 Å². The van der Waals surface area contributed by atoms with Crippen molar-refractivity contribution in [3.63, 3.8) is 0 Å². The van der Waals surface area contributed by atoms with Gasteiger partial charge in [-0.05, 0) is 20.8 Å². The zero-order valence-corrected chi connectivity index (χ0v) is 13.8. The minimum atomic E-state index is -2.70. The third kappa shape index (κ3) is 5.02. The molecule has 0 spiro atoms. The first-order chi connectivity index (χ1) is 10.6. The van der Waals surface area contributed by atoms with Crippen molar-refractivity contribution < 1.29 is 27.8 Å². The molecule has 0 aromatic carbocycles. The number of hydrogen-bond donors (Lipinski definition) is 0. The van der Waals surface area contributed by atoms with Gasteiger partial charge >= 0.3 is 6.09 Å². The van der Waals surface area contributed by atoms with Crippen LogP contribution < -0.4 is 0 Å². The van der Waals surface area contributed by atoms with E-state index in [2.05, 4.69) is 0 Å². The van der Waals surface area contributed by atoms with E-state index in [1.807, 2.05) is 0 Å². The van der Waals surface area contributed by atoms with Gasteiger partial charge < -0.3 is 19.3 Å². The molecule has 2 aliphatic heterocycles. The van der Waals surface area contributed by atoms with Crippen LogP contribution in [0.15, 0.2) is 0 Å². The largest absolute Gasteiger partial charge is 0.444 e. The molecule has 1 atom stereocenters. The third-order valence-corrected chi connectivity index (χ3v) is 3.80. The Morgan fingerprint density at radius 1 is 1.13 bits per heavy atom. The number of morpholine rings is 1. The summed E-state index contributed by atoms with van der Waals surface area (Å²) in [6.07, 6.45) is -1.98. The Hall–Kier alpha value is -1.44. The van der Waals surface area contributed by atoms with Gasteiger partial charge in [-0.15, -0.1) is 0 Å². The number of ether oxygens (including phenoxy) is 2. The lowest BCUT2D eigenvalue weighted by atomic mass is 10.1. The Morgan fingerprint density at radius 2 is 1.74 bits per heavy atom. The summed E-state index contributed by atoms with van der Waals surface area (Å²) in [5.41, 5.74) is -0.618. The fourth-order valence-electron chi connectivity index (χ4n) is 2.55. The highest BCUT2D eigenvalue weighted by atomic mass is 19.3. The fourth-order valence-corrected chi connectivity index (χ4v) is 2.55. The number of carbonyl (C=O) groups is 2. The van der Waals surface area contributed by atoms with Crippen LogP contribution in [0.25, 0.3) is 0 Å². The van der Waals surface area contributed by atoms with Gasteiger partial charge in [0.15, 0.2) is 6.10 Å². The van der Waals surface area contributed by atoms with Crippen LogP contribution in [-0.4, -0.2) is 72.2 Å². The lowest BCUT2D eigenvalue weighted by Crippen LogP contribution is -2.55. The van der Waals surface area contributed by atoms with Crippen LogP contribution in [0.1, 0.15) is 33.6 Å². The Labute approximate surface area is 134 Å². The Kier molecular flexibility index (Phi) is 5.13. The molecule has 0 bridgehead atoms. The molecule has 0 aliphatic carbocycles. The zero-order chi connectivity index (χ0) is 17.3. The molecule has 23 heavy (non-hydrogen) atoms. The van der Waals surface area contributed by atoms with Crippen molar-refractivity contribution in [1.82, 2.24) is 9.80 Å². The highest BCUT2D eigenvalue weighted by Crippen LogP contribution is 2.28. The van der Waals surface area contributed by atoms with E-state index in [4.69, 9.17) is 9.47 Å². The van der Waals surface area contributed by atoms with Gasteiger partial charge in [-0.25, -0.2) is 13.6 Å². The normalized spacial score (nSPS) is 25.2. The minimum Gasteiger partial charge on any atom is -0.444 e. The van der Waals surface area contributed by atoms with Crippen LogP contribution in [-0.2, 0) is 14.3 Å². The molecule has 0 N–H and O–H groups in total. The summed E-state index contributed by atoms with van der Waals surface area (Å²) < 4.78 is 37.1. The average molecular weight is 334 g/mol. The van der Waals surface area contributed by atoms with Gasteiger partial charge in [0.25, 0.3) is 11.8 Å². The minimum absolute atomic E-state index is 0.0120. The van der Waals surface area contributed by atoms with Gasteiger partial charge in [0.05, 0.1) is 13.2 Å². The number of likely N-dealkylation sites (tertiary alicyclic amines) is 1.